The van der Waals surface area contributed by atoms with Gasteiger partial charge in [-0.15, -0.1) is 0 Å². The molecule has 0 radical (unpaired) electrons. The molecule has 1 unspecified atom stereocenters. The van der Waals surface area contributed by atoms with E-state index in [1.54, 1.807) is 0 Å². The second-order valence-electron chi connectivity index (χ2n) is 5.84. The summed E-state index contributed by atoms with van der Waals surface area (Å²) in [7, 11) is 2.22. The highest BCUT2D eigenvalue weighted by Gasteiger charge is 2.17. The SMILES string of the molecule is Cc1cc(CNCC2CCCCN2C)cc(C)c1O. The third-order valence-electron chi connectivity index (χ3n) is 4.18. The average Bonchev–Trinajstić information content (AvgIpc) is 2.38. The summed E-state index contributed by atoms with van der Waals surface area (Å²) >= 11 is 0. The van der Waals surface area contributed by atoms with E-state index >= 15 is 0 Å². The number of nitrogens with zero attached hydrogens (tertiary/aromatic N) is 1. The van der Waals surface area contributed by atoms with Gasteiger partial charge in [0.05, 0.1) is 0 Å². The quantitative estimate of drug-likeness (QED) is 0.875. The maximum absolute atomic E-state index is 9.77. The molecule has 0 amide bonds. The van der Waals surface area contributed by atoms with E-state index in [0.717, 1.165) is 24.2 Å². The fourth-order valence-corrected chi connectivity index (χ4v) is 2.93. The maximum Gasteiger partial charge on any atom is 0.121 e. The molecule has 0 saturated carbocycles. The number of likely N-dealkylation sites (N-methyl/N-ethyl adjacent to an activating group) is 1. The van der Waals surface area contributed by atoms with Crippen molar-refractivity contribution in [2.75, 3.05) is 20.1 Å². The Morgan fingerprint density at radius 3 is 2.58 bits per heavy atom. The second-order valence-corrected chi connectivity index (χ2v) is 5.84. The Labute approximate surface area is 116 Å². The summed E-state index contributed by atoms with van der Waals surface area (Å²) in [6.45, 7) is 7.08. The number of aromatic hydroxyl groups is 1. The Kier molecular flexibility index (Phi) is 4.83. The molecule has 0 spiro atoms. The third kappa shape index (κ3) is 3.71. The smallest absolute Gasteiger partial charge is 0.121 e. The first-order valence-corrected chi connectivity index (χ1v) is 7.28. The standard InChI is InChI=1S/C16H26N2O/c1-12-8-14(9-13(2)16(12)19)10-17-11-15-6-4-5-7-18(15)3/h8-9,15,17,19H,4-7,10-11H2,1-3H3. The number of nitrogens with one attached hydrogen (secondary N) is 1. The Balaban J connectivity index is 1.85. The molecular formula is C16H26N2O. The minimum absolute atomic E-state index is 0.427. The van der Waals surface area contributed by atoms with E-state index in [0.29, 0.717) is 11.8 Å². The minimum atomic E-state index is 0.427. The molecule has 1 fully saturated rings. The molecule has 2 rings (SSSR count). The zero-order valence-corrected chi connectivity index (χ0v) is 12.4. The molecule has 106 valence electrons. The van der Waals surface area contributed by atoms with Crippen molar-refractivity contribution in [2.45, 2.75) is 45.7 Å². The van der Waals surface area contributed by atoms with Crippen molar-refractivity contribution in [1.82, 2.24) is 10.2 Å². The van der Waals surface area contributed by atoms with Crippen LogP contribution in [-0.2, 0) is 6.54 Å². The Morgan fingerprint density at radius 1 is 1.26 bits per heavy atom. The molecule has 0 bridgehead atoms. The van der Waals surface area contributed by atoms with Gasteiger partial charge >= 0.3 is 0 Å². The van der Waals surface area contributed by atoms with Crippen LogP contribution in [-0.4, -0.2) is 36.2 Å². The fraction of sp³-hybridized carbons (Fsp3) is 0.625. The molecular weight excluding hydrogens is 236 g/mol. The maximum atomic E-state index is 9.77. The van der Waals surface area contributed by atoms with Crippen molar-refractivity contribution in [2.24, 2.45) is 0 Å². The Hall–Kier alpha value is -1.06. The number of hydrogen-bond acceptors (Lipinski definition) is 3. The molecule has 1 aromatic carbocycles. The summed E-state index contributed by atoms with van der Waals surface area (Å²) in [5.41, 5.74) is 3.18. The largest absolute Gasteiger partial charge is 0.507 e. The summed E-state index contributed by atoms with van der Waals surface area (Å²) < 4.78 is 0. The van der Waals surface area contributed by atoms with Crippen molar-refractivity contribution in [3.8, 4) is 5.75 Å². The number of likely N-dealkylation sites (tertiary alicyclic amines) is 1. The molecule has 1 aromatic rings. The topological polar surface area (TPSA) is 35.5 Å². The van der Waals surface area contributed by atoms with Gasteiger partial charge in [-0.25, -0.2) is 0 Å². The van der Waals surface area contributed by atoms with Crippen molar-refractivity contribution in [3.05, 3.63) is 28.8 Å². The first-order chi connectivity index (χ1) is 9.08. The van der Waals surface area contributed by atoms with Crippen LogP contribution in [0.25, 0.3) is 0 Å². The van der Waals surface area contributed by atoms with Gasteiger partial charge in [0.15, 0.2) is 0 Å². The van der Waals surface area contributed by atoms with Crippen molar-refractivity contribution >= 4 is 0 Å². The van der Waals surface area contributed by atoms with E-state index in [4.69, 9.17) is 0 Å². The lowest BCUT2D eigenvalue weighted by atomic mass is 10.0. The number of piperidine rings is 1. The van der Waals surface area contributed by atoms with E-state index in [1.807, 2.05) is 13.8 Å². The second kappa shape index (κ2) is 6.40. The molecule has 3 heteroatoms. The van der Waals surface area contributed by atoms with Gasteiger partial charge in [0.25, 0.3) is 0 Å². The number of rotatable bonds is 4. The summed E-state index contributed by atoms with van der Waals surface area (Å²) in [5, 5.41) is 13.3. The molecule has 1 heterocycles. The molecule has 1 aliphatic heterocycles. The van der Waals surface area contributed by atoms with Crippen LogP contribution < -0.4 is 5.32 Å². The Bertz CT molecular complexity index is 408. The highest BCUT2D eigenvalue weighted by Crippen LogP contribution is 2.22. The van der Waals surface area contributed by atoms with E-state index in [9.17, 15) is 5.11 Å². The molecule has 0 aromatic heterocycles. The molecule has 1 saturated heterocycles. The van der Waals surface area contributed by atoms with Gasteiger partial charge in [-0.2, -0.15) is 0 Å². The lowest BCUT2D eigenvalue weighted by Gasteiger charge is -2.32. The van der Waals surface area contributed by atoms with Gasteiger partial charge in [0, 0.05) is 19.1 Å². The molecule has 2 N–H and O–H groups in total. The zero-order valence-electron chi connectivity index (χ0n) is 12.4. The summed E-state index contributed by atoms with van der Waals surface area (Å²) in [4.78, 5) is 2.46. The average molecular weight is 262 g/mol. The van der Waals surface area contributed by atoms with Crippen LogP contribution in [0.3, 0.4) is 0 Å². The van der Waals surface area contributed by atoms with Crippen LogP contribution in [0.2, 0.25) is 0 Å². The van der Waals surface area contributed by atoms with Crippen molar-refractivity contribution < 1.29 is 5.11 Å². The molecule has 1 aliphatic rings. The number of hydrogen-bond donors (Lipinski definition) is 2. The van der Waals surface area contributed by atoms with Crippen LogP contribution in [0.15, 0.2) is 12.1 Å². The molecule has 3 nitrogen and oxygen atoms in total. The number of benzene rings is 1. The van der Waals surface area contributed by atoms with E-state index in [-0.39, 0.29) is 0 Å². The van der Waals surface area contributed by atoms with Crippen LogP contribution in [0.5, 0.6) is 5.75 Å². The van der Waals surface area contributed by atoms with E-state index < -0.39 is 0 Å². The van der Waals surface area contributed by atoms with Crippen LogP contribution in [0.1, 0.15) is 36.0 Å². The minimum Gasteiger partial charge on any atom is -0.507 e. The van der Waals surface area contributed by atoms with E-state index in [2.05, 4.69) is 29.4 Å². The predicted molar refractivity (Wildman–Crippen MR) is 79.6 cm³/mol. The zero-order chi connectivity index (χ0) is 13.8. The van der Waals surface area contributed by atoms with Gasteiger partial charge < -0.3 is 15.3 Å². The number of aryl methyl sites for hydroxylation is 2. The molecule has 19 heavy (non-hydrogen) atoms. The number of phenols is 1. The monoisotopic (exact) mass is 262 g/mol. The van der Waals surface area contributed by atoms with Crippen molar-refractivity contribution in [1.29, 1.82) is 0 Å². The van der Waals surface area contributed by atoms with Gasteiger partial charge in [-0.1, -0.05) is 18.6 Å². The van der Waals surface area contributed by atoms with Crippen molar-refractivity contribution in [3.63, 3.8) is 0 Å². The predicted octanol–water partition coefficient (Wildman–Crippen LogP) is 2.58. The normalized spacial score (nSPS) is 20.7. The molecule has 1 atom stereocenters. The first kappa shape index (κ1) is 14.4. The number of phenolic OH excluding ortho intramolecular Hbond substituents is 1. The van der Waals surface area contributed by atoms with Gasteiger partial charge in [0.1, 0.15) is 5.75 Å². The lowest BCUT2D eigenvalue weighted by molar-refractivity contribution is 0.181. The van der Waals surface area contributed by atoms with Gasteiger partial charge in [-0.3, -0.25) is 0 Å². The highest BCUT2D eigenvalue weighted by molar-refractivity contribution is 5.42. The van der Waals surface area contributed by atoms with Crippen LogP contribution >= 0.6 is 0 Å². The summed E-state index contributed by atoms with van der Waals surface area (Å²) in [6.07, 6.45) is 3.99. The van der Waals surface area contributed by atoms with Gasteiger partial charge in [0.2, 0.25) is 0 Å². The fourth-order valence-electron chi connectivity index (χ4n) is 2.93. The third-order valence-corrected chi connectivity index (χ3v) is 4.18. The lowest BCUT2D eigenvalue weighted by Crippen LogP contribution is -2.42. The van der Waals surface area contributed by atoms with Crippen LogP contribution in [0.4, 0.5) is 0 Å². The van der Waals surface area contributed by atoms with Crippen LogP contribution in [0, 0.1) is 13.8 Å². The van der Waals surface area contributed by atoms with Gasteiger partial charge in [-0.05, 0) is 57.0 Å². The summed E-state index contributed by atoms with van der Waals surface area (Å²) in [6, 6.07) is 4.81. The highest BCUT2D eigenvalue weighted by atomic mass is 16.3. The molecule has 0 aliphatic carbocycles. The summed E-state index contributed by atoms with van der Waals surface area (Å²) in [5.74, 6) is 0.427. The van der Waals surface area contributed by atoms with E-state index in [1.165, 1.54) is 31.4 Å². The Morgan fingerprint density at radius 2 is 1.95 bits per heavy atom. The first-order valence-electron chi connectivity index (χ1n) is 7.28.